The van der Waals surface area contributed by atoms with E-state index in [1.165, 1.54) is 0 Å². The molecule has 0 saturated carbocycles. The first kappa shape index (κ1) is 14.0. The molecule has 2 nitrogen and oxygen atoms in total. The molecule has 0 heterocycles. The number of allylic oxidation sites excluding steroid dienone is 2. The van der Waals surface area contributed by atoms with Crippen molar-refractivity contribution in [2.75, 3.05) is 0 Å². The quantitative estimate of drug-likeness (QED) is 0.712. The molecule has 0 amide bonds. The third-order valence-electron chi connectivity index (χ3n) is 2.87. The molecule has 0 N–H and O–H groups in total. The maximum Gasteiger partial charge on any atom is 0.0998 e. The van der Waals surface area contributed by atoms with Gasteiger partial charge in [0.25, 0.3) is 0 Å². The van der Waals surface area contributed by atoms with E-state index in [1.54, 1.807) is 0 Å². The van der Waals surface area contributed by atoms with Gasteiger partial charge in [-0.2, -0.15) is 10.5 Å². The van der Waals surface area contributed by atoms with E-state index in [0.717, 1.165) is 42.4 Å². The lowest BCUT2D eigenvalue weighted by Gasteiger charge is -2.11. The zero-order valence-corrected chi connectivity index (χ0v) is 11.0. The highest BCUT2D eigenvalue weighted by Gasteiger charge is 2.11. The molecule has 18 heavy (non-hydrogen) atoms. The summed E-state index contributed by atoms with van der Waals surface area (Å²) in [6.45, 7) is 4.16. The Balaban J connectivity index is 3.37. The highest BCUT2D eigenvalue weighted by atomic mass is 14.3. The van der Waals surface area contributed by atoms with Crippen molar-refractivity contribution >= 4 is 5.57 Å². The second kappa shape index (κ2) is 7.30. The second-order valence-corrected chi connectivity index (χ2v) is 4.23. The van der Waals surface area contributed by atoms with Crippen LogP contribution in [-0.4, -0.2) is 0 Å². The Labute approximate surface area is 109 Å². The van der Waals surface area contributed by atoms with E-state index in [9.17, 15) is 5.26 Å². The maximum atomic E-state index is 9.29. The van der Waals surface area contributed by atoms with Crippen LogP contribution in [0.5, 0.6) is 0 Å². The molecule has 2 heteroatoms. The SMILES string of the molecule is CCC/C(C#N)=C(\CCC)c1ccccc1C#N. The number of rotatable bonds is 5. The number of nitrogens with zero attached hydrogens (tertiary/aromatic N) is 2. The van der Waals surface area contributed by atoms with E-state index < -0.39 is 0 Å². The van der Waals surface area contributed by atoms with E-state index in [0.29, 0.717) is 5.56 Å². The van der Waals surface area contributed by atoms with Gasteiger partial charge in [0.15, 0.2) is 0 Å². The lowest BCUT2D eigenvalue weighted by molar-refractivity contribution is 0.907. The average Bonchev–Trinajstić information content (AvgIpc) is 2.42. The first-order valence-corrected chi connectivity index (χ1v) is 6.40. The van der Waals surface area contributed by atoms with Gasteiger partial charge in [-0.15, -0.1) is 0 Å². The normalized spacial score (nSPS) is 11.3. The van der Waals surface area contributed by atoms with Crippen LogP contribution in [0.3, 0.4) is 0 Å². The minimum absolute atomic E-state index is 0.657. The van der Waals surface area contributed by atoms with Crippen molar-refractivity contribution in [3.05, 3.63) is 41.0 Å². The first-order chi connectivity index (χ1) is 8.78. The van der Waals surface area contributed by atoms with Crippen molar-refractivity contribution in [1.82, 2.24) is 0 Å². The fourth-order valence-corrected chi connectivity index (χ4v) is 2.07. The van der Waals surface area contributed by atoms with Gasteiger partial charge in [-0.05, 0) is 30.0 Å². The third kappa shape index (κ3) is 3.22. The van der Waals surface area contributed by atoms with Gasteiger partial charge in [0.1, 0.15) is 0 Å². The standard InChI is InChI=1S/C16H18N2/c1-3-7-13(11-17)15(8-4-2)16-10-6-5-9-14(16)12-18/h5-6,9-10H,3-4,7-8H2,1-2H3/b15-13-. The third-order valence-corrected chi connectivity index (χ3v) is 2.87. The molecule has 0 radical (unpaired) electrons. The average molecular weight is 238 g/mol. The van der Waals surface area contributed by atoms with E-state index >= 15 is 0 Å². The fourth-order valence-electron chi connectivity index (χ4n) is 2.07. The van der Waals surface area contributed by atoms with Gasteiger partial charge in [-0.1, -0.05) is 44.9 Å². The molecule has 0 fully saturated rings. The molecule has 1 aromatic carbocycles. The summed E-state index contributed by atoms with van der Waals surface area (Å²) < 4.78 is 0. The van der Waals surface area contributed by atoms with Crippen molar-refractivity contribution in [3.63, 3.8) is 0 Å². The van der Waals surface area contributed by atoms with Crippen molar-refractivity contribution in [1.29, 1.82) is 10.5 Å². The van der Waals surface area contributed by atoms with Crippen LogP contribution in [-0.2, 0) is 0 Å². The van der Waals surface area contributed by atoms with E-state index in [1.807, 2.05) is 24.3 Å². The Morgan fingerprint density at radius 3 is 2.28 bits per heavy atom. The molecule has 0 spiro atoms. The smallest absolute Gasteiger partial charge is 0.0998 e. The van der Waals surface area contributed by atoms with Crippen LogP contribution < -0.4 is 0 Å². The highest BCUT2D eigenvalue weighted by molar-refractivity contribution is 5.75. The molecule has 92 valence electrons. The Hall–Kier alpha value is -2.06. The van der Waals surface area contributed by atoms with Crippen LogP contribution in [0.15, 0.2) is 29.8 Å². The summed E-state index contributed by atoms with van der Waals surface area (Å²) in [5, 5.41) is 18.5. The molecular weight excluding hydrogens is 220 g/mol. The van der Waals surface area contributed by atoms with E-state index in [2.05, 4.69) is 26.0 Å². The molecular formula is C16H18N2. The molecule has 0 saturated heterocycles. The van der Waals surface area contributed by atoms with Gasteiger partial charge in [-0.25, -0.2) is 0 Å². The van der Waals surface area contributed by atoms with Crippen molar-refractivity contribution in [3.8, 4) is 12.1 Å². The van der Waals surface area contributed by atoms with Crippen molar-refractivity contribution in [2.24, 2.45) is 0 Å². The monoisotopic (exact) mass is 238 g/mol. The molecule has 0 bridgehead atoms. The second-order valence-electron chi connectivity index (χ2n) is 4.23. The minimum Gasteiger partial charge on any atom is -0.193 e. The van der Waals surface area contributed by atoms with E-state index in [4.69, 9.17) is 5.26 Å². The highest BCUT2D eigenvalue weighted by Crippen LogP contribution is 2.28. The molecule has 0 aromatic heterocycles. The van der Waals surface area contributed by atoms with Gasteiger partial charge in [0, 0.05) is 5.57 Å². The molecule has 1 aromatic rings. The summed E-state index contributed by atoms with van der Waals surface area (Å²) in [4.78, 5) is 0. The summed E-state index contributed by atoms with van der Waals surface area (Å²) >= 11 is 0. The van der Waals surface area contributed by atoms with Crippen LogP contribution >= 0.6 is 0 Å². The molecule has 0 aliphatic rings. The summed E-state index contributed by atoms with van der Waals surface area (Å²) in [6.07, 6.45) is 3.56. The van der Waals surface area contributed by atoms with Crippen LogP contribution in [0.25, 0.3) is 5.57 Å². The van der Waals surface area contributed by atoms with Crippen molar-refractivity contribution in [2.45, 2.75) is 39.5 Å². The van der Waals surface area contributed by atoms with Gasteiger partial charge in [0.05, 0.1) is 17.7 Å². The van der Waals surface area contributed by atoms with Gasteiger partial charge in [-0.3, -0.25) is 0 Å². The summed E-state index contributed by atoms with van der Waals surface area (Å²) in [5.41, 5.74) is 3.44. The van der Waals surface area contributed by atoms with E-state index in [-0.39, 0.29) is 0 Å². The molecule has 0 atom stereocenters. The van der Waals surface area contributed by atoms with Crippen LogP contribution in [0.2, 0.25) is 0 Å². The molecule has 1 rings (SSSR count). The number of benzene rings is 1. The van der Waals surface area contributed by atoms with Gasteiger partial charge in [0.2, 0.25) is 0 Å². The maximum absolute atomic E-state index is 9.29. The zero-order chi connectivity index (χ0) is 13.4. The van der Waals surface area contributed by atoms with Gasteiger partial charge < -0.3 is 0 Å². The number of hydrogen-bond acceptors (Lipinski definition) is 2. The topological polar surface area (TPSA) is 47.6 Å². The molecule has 0 aliphatic heterocycles. The lowest BCUT2D eigenvalue weighted by Crippen LogP contribution is -1.94. The van der Waals surface area contributed by atoms with Crippen LogP contribution in [0.1, 0.15) is 50.7 Å². The molecule has 0 unspecified atom stereocenters. The predicted octanol–water partition coefficient (Wildman–Crippen LogP) is 4.44. The first-order valence-electron chi connectivity index (χ1n) is 6.40. The van der Waals surface area contributed by atoms with Crippen LogP contribution in [0, 0.1) is 22.7 Å². The Morgan fingerprint density at radius 2 is 1.72 bits per heavy atom. The lowest BCUT2D eigenvalue weighted by atomic mass is 9.91. The number of hydrogen-bond donors (Lipinski definition) is 0. The van der Waals surface area contributed by atoms with Crippen LogP contribution in [0.4, 0.5) is 0 Å². The summed E-state index contributed by atoms with van der Waals surface area (Å²) in [6, 6.07) is 12.1. The molecule has 0 aliphatic carbocycles. The summed E-state index contributed by atoms with van der Waals surface area (Å²) in [7, 11) is 0. The Bertz CT molecular complexity index is 513. The summed E-state index contributed by atoms with van der Waals surface area (Å²) in [5.74, 6) is 0. The predicted molar refractivity (Wildman–Crippen MR) is 73.5 cm³/mol. The minimum atomic E-state index is 0.657. The number of nitriles is 2. The van der Waals surface area contributed by atoms with Gasteiger partial charge >= 0.3 is 0 Å². The van der Waals surface area contributed by atoms with Crippen molar-refractivity contribution < 1.29 is 0 Å². The Morgan fingerprint density at radius 1 is 1.06 bits per heavy atom. The largest absolute Gasteiger partial charge is 0.193 e. The fraction of sp³-hybridized carbons (Fsp3) is 0.375. The zero-order valence-electron chi connectivity index (χ0n) is 11.0. The Kier molecular flexibility index (Phi) is 5.68.